The highest BCUT2D eigenvalue weighted by Gasteiger charge is 2.03. The largest absolute Gasteiger partial charge is 0.368 e. The number of hydrogen-bond donors (Lipinski definition) is 2. The Hall–Kier alpha value is -1.03. The molecule has 1 aromatic rings. The number of nitrogens with one attached hydrogen (secondary N) is 1. The molecular formula is C9H18N4. The molecule has 0 amide bonds. The number of rotatable bonds is 5. The van der Waals surface area contributed by atoms with Crippen molar-refractivity contribution in [3.05, 3.63) is 12.3 Å². The highest BCUT2D eigenvalue weighted by atomic mass is 15.3. The van der Waals surface area contributed by atoms with E-state index in [0.717, 1.165) is 25.3 Å². The molecule has 74 valence electrons. The summed E-state index contributed by atoms with van der Waals surface area (Å²) in [6.45, 7) is 3.79. The maximum Gasteiger partial charge on any atom is 0.147 e. The van der Waals surface area contributed by atoms with Crippen LogP contribution in [0.2, 0.25) is 0 Å². The van der Waals surface area contributed by atoms with Gasteiger partial charge in [0.25, 0.3) is 0 Å². The van der Waals surface area contributed by atoms with Crippen molar-refractivity contribution in [2.45, 2.75) is 13.3 Å². The van der Waals surface area contributed by atoms with Gasteiger partial charge in [-0.1, -0.05) is 13.3 Å². The number of nitrogens with two attached hydrogens (primary N) is 1. The SMILES string of the molecule is CCC(CN)CNc1ccn(C)n1. The van der Waals surface area contributed by atoms with Gasteiger partial charge in [-0.05, 0) is 12.5 Å². The Labute approximate surface area is 79.1 Å². The molecular weight excluding hydrogens is 164 g/mol. The molecule has 1 heterocycles. The van der Waals surface area contributed by atoms with Gasteiger partial charge >= 0.3 is 0 Å². The molecule has 4 nitrogen and oxygen atoms in total. The van der Waals surface area contributed by atoms with E-state index in [2.05, 4.69) is 17.3 Å². The van der Waals surface area contributed by atoms with Gasteiger partial charge in [0.15, 0.2) is 0 Å². The predicted octanol–water partition coefficient (Wildman–Crippen LogP) is 0.817. The molecule has 0 radical (unpaired) electrons. The van der Waals surface area contributed by atoms with Gasteiger partial charge in [-0.15, -0.1) is 0 Å². The molecule has 1 atom stereocenters. The molecule has 0 aliphatic heterocycles. The quantitative estimate of drug-likeness (QED) is 0.708. The van der Waals surface area contributed by atoms with E-state index in [1.165, 1.54) is 0 Å². The van der Waals surface area contributed by atoms with Crippen LogP contribution in [0.4, 0.5) is 5.82 Å². The first-order valence-electron chi connectivity index (χ1n) is 4.69. The third-order valence-corrected chi connectivity index (χ3v) is 2.20. The molecule has 1 rings (SSSR count). The molecule has 13 heavy (non-hydrogen) atoms. The first-order chi connectivity index (χ1) is 6.26. The second-order valence-electron chi connectivity index (χ2n) is 3.27. The van der Waals surface area contributed by atoms with Crippen LogP contribution in [0.3, 0.4) is 0 Å². The van der Waals surface area contributed by atoms with Crippen LogP contribution in [0.1, 0.15) is 13.3 Å². The normalized spacial score (nSPS) is 12.8. The molecule has 1 unspecified atom stereocenters. The highest BCUT2D eigenvalue weighted by molar-refractivity contribution is 5.31. The van der Waals surface area contributed by atoms with Crippen LogP contribution in [0.25, 0.3) is 0 Å². The molecule has 0 saturated heterocycles. The van der Waals surface area contributed by atoms with Crippen LogP contribution in [0, 0.1) is 5.92 Å². The Morgan fingerprint density at radius 3 is 2.92 bits per heavy atom. The van der Waals surface area contributed by atoms with Crippen LogP contribution in [0.5, 0.6) is 0 Å². The second-order valence-corrected chi connectivity index (χ2v) is 3.27. The van der Waals surface area contributed by atoms with Crippen LogP contribution in [0.15, 0.2) is 12.3 Å². The summed E-state index contributed by atoms with van der Waals surface area (Å²) in [5, 5.41) is 7.47. The van der Waals surface area contributed by atoms with Gasteiger partial charge in [-0.2, -0.15) is 5.10 Å². The van der Waals surface area contributed by atoms with Crippen LogP contribution < -0.4 is 11.1 Å². The summed E-state index contributed by atoms with van der Waals surface area (Å²) in [5.74, 6) is 1.47. The van der Waals surface area contributed by atoms with Crippen molar-refractivity contribution >= 4 is 5.82 Å². The standard InChI is InChI=1S/C9H18N4/c1-3-8(6-10)7-11-9-4-5-13(2)12-9/h4-5,8H,3,6-7,10H2,1-2H3,(H,11,12). The van der Waals surface area contributed by atoms with E-state index < -0.39 is 0 Å². The van der Waals surface area contributed by atoms with Gasteiger partial charge in [0, 0.05) is 25.9 Å². The molecule has 0 saturated carbocycles. The smallest absolute Gasteiger partial charge is 0.147 e. The first kappa shape index (κ1) is 10.1. The summed E-state index contributed by atoms with van der Waals surface area (Å²) in [7, 11) is 1.91. The third-order valence-electron chi connectivity index (χ3n) is 2.20. The van der Waals surface area contributed by atoms with Crippen molar-refractivity contribution < 1.29 is 0 Å². The van der Waals surface area contributed by atoms with Gasteiger partial charge < -0.3 is 11.1 Å². The minimum Gasteiger partial charge on any atom is -0.368 e. The third kappa shape index (κ3) is 3.06. The Bertz CT molecular complexity index is 240. The zero-order valence-electron chi connectivity index (χ0n) is 8.33. The van der Waals surface area contributed by atoms with Gasteiger partial charge in [-0.3, -0.25) is 4.68 Å². The number of aryl methyl sites for hydroxylation is 1. The Morgan fingerprint density at radius 2 is 2.46 bits per heavy atom. The Kier molecular flexibility index (Phi) is 3.76. The van der Waals surface area contributed by atoms with E-state index in [0.29, 0.717) is 5.92 Å². The van der Waals surface area contributed by atoms with Crippen LogP contribution in [-0.2, 0) is 7.05 Å². The molecule has 0 aliphatic rings. The lowest BCUT2D eigenvalue weighted by atomic mass is 10.1. The lowest BCUT2D eigenvalue weighted by Crippen LogP contribution is -2.22. The number of hydrogen-bond acceptors (Lipinski definition) is 3. The van der Waals surface area contributed by atoms with Crippen LogP contribution in [-0.4, -0.2) is 22.9 Å². The topological polar surface area (TPSA) is 55.9 Å². The summed E-state index contributed by atoms with van der Waals surface area (Å²) in [5.41, 5.74) is 5.59. The average molecular weight is 182 g/mol. The van der Waals surface area contributed by atoms with E-state index in [1.54, 1.807) is 4.68 Å². The first-order valence-corrected chi connectivity index (χ1v) is 4.69. The molecule has 0 bridgehead atoms. The van der Waals surface area contributed by atoms with Crippen LogP contribution >= 0.6 is 0 Å². The summed E-state index contributed by atoms with van der Waals surface area (Å²) >= 11 is 0. The summed E-state index contributed by atoms with van der Waals surface area (Å²) in [6.07, 6.45) is 3.03. The van der Waals surface area contributed by atoms with Gasteiger partial charge in [0.2, 0.25) is 0 Å². The van der Waals surface area contributed by atoms with Gasteiger partial charge in [-0.25, -0.2) is 0 Å². The van der Waals surface area contributed by atoms with Gasteiger partial charge in [0.1, 0.15) is 5.82 Å². The highest BCUT2D eigenvalue weighted by Crippen LogP contribution is 2.04. The van der Waals surface area contributed by atoms with Crippen molar-refractivity contribution in [1.29, 1.82) is 0 Å². The molecule has 0 spiro atoms. The monoisotopic (exact) mass is 182 g/mol. The lowest BCUT2D eigenvalue weighted by molar-refractivity contribution is 0.547. The summed E-state index contributed by atoms with van der Waals surface area (Å²) < 4.78 is 1.78. The molecule has 0 fully saturated rings. The van der Waals surface area contributed by atoms with E-state index in [1.807, 2.05) is 19.3 Å². The van der Waals surface area contributed by atoms with Crippen molar-refractivity contribution in [2.24, 2.45) is 18.7 Å². The minimum atomic E-state index is 0.544. The second kappa shape index (κ2) is 4.87. The van der Waals surface area contributed by atoms with Crippen molar-refractivity contribution in [1.82, 2.24) is 9.78 Å². The maximum absolute atomic E-state index is 5.59. The molecule has 1 aromatic heterocycles. The molecule has 0 aromatic carbocycles. The molecule has 3 N–H and O–H groups in total. The van der Waals surface area contributed by atoms with Crippen molar-refractivity contribution in [3.8, 4) is 0 Å². The average Bonchev–Trinajstić information content (AvgIpc) is 2.53. The number of anilines is 1. The van der Waals surface area contributed by atoms with E-state index >= 15 is 0 Å². The van der Waals surface area contributed by atoms with E-state index in [9.17, 15) is 0 Å². The Morgan fingerprint density at radius 1 is 1.69 bits per heavy atom. The summed E-state index contributed by atoms with van der Waals surface area (Å²) in [6, 6.07) is 1.96. The fourth-order valence-electron chi connectivity index (χ4n) is 1.15. The van der Waals surface area contributed by atoms with Gasteiger partial charge in [0.05, 0.1) is 0 Å². The molecule has 4 heteroatoms. The molecule has 0 aliphatic carbocycles. The fourth-order valence-corrected chi connectivity index (χ4v) is 1.15. The lowest BCUT2D eigenvalue weighted by Gasteiger charge is -2.12. The Balaban J connectivity index is 2.33. The maximum atomic E-state index is 5.59. The predicted molar refractivity (Wildman–Crippen MR) is 54.5 cm³/mol. The summed E-state index contributed by atoms with van der Waals surface area (Å²) in [4.78, 5) is 0. The number of nitrogens with zero attached hydrogens (tertiary/aromatic N) is 2. The fraction of sp³-hybridized carbons (Fsp3) is 0.667. The van der Waals surface area contributed by atoms with Crippen molar-refractivity contribution in [2.75, 3.05) is 18.4 Å². The minimum absolute atomic E-state index is 0.544. The van der Waals surface area contributed by atoms with E-state index in [4.69, 9.17) is 5.73 Å². The van der Waals surface area contributed by atoms with E-state index in [-0.39, 0.29) is 0 Å². The zero-order chi connectivity index (χ0) is 9.68. The van der Waals surface area contributed by atoms with Crippen molar-refractivity contribution in [3.63, 3.8) is 0 Å². The number of aromatic nitrogens is 2. The zero-order valence-corrected chi connectivity index (χ0v) is 8.33.